The molecular formula is C19H24N2O2S. The lowest BCUT2D eigenvalue weighted by atomic mass is 10.2. The van der Waals surface area contributed by atoms with Crippen LogP contribution < -0.4 is 4.74 Å². The maximum absolute atomic E-state index is 12.5. The number of benzene rings is 1. The van der Waals surface area contributed by atoms with Crippen molar-refractivity contribution in [1.82, 2.24) is 9.88 Å². The molecule has 1 aliphatic heterocycles. The highest BCUT2D eigenvalue weighted by Gasteiger charge is 2.17. The Bertz CT molecular complexity index is 658. The van der Waals surface area contributed by atoms with Crippen molar-refractivity contribution in [2.45, 2.75) is 39.0 Å². The Kier molecular flexibility index (Phi) is 5.86. The first-order chi connectivity index (χ1) is 11.8. The van der Waals surface area contributed by atoms with Gasteiger partial charge in [-0.2, -0.15) is 0 Å². The molecular weight excluding hydrogens is 320 g/mol. The molecule has 0 atom stereocenters. The smallest absolute Gasteiger partial charge is 0.228 e. The van der Waals surface area contributed by atoms with Crippen molar-refractivity contribution >= 4 is 17.2 Å². The maximum Gasteiger partial charge on any atom is 0.228 e. The third kappa shape index (κ3) is 4.35. The van der Waals surface area contributed by atoms with Crippen molar-refractivity contribution in [2.75, 3.05) is 19.7 Å². The minimum absolute atomic E-state index is 0.209. The first-order valence-corrected chi connectivity index (χ1v) is 9.59. The molecule has 1 fully saturated rings. The number of amides is 1. The first-order valence-electron chi connectivity index (χ1n) is 8.71. The topological polar surface area (TPSA) is 42.4 Å². The van der Waals surface area contributed by atoms with Gasteiger partial charge in [-0.1, -0.05) is 12.8 Å². The summed E-state index contributed by atoms with van der Waals surface area (Å²) in [6, 6.07) is 7.96. The molecule has 4 nitrogen and oxygen atoms in total. The zero-order chi connectivity index (χ0) is 16.8. The monoisotopic (exact) mass is 344 g/mol. The van der Waals surface area contributed by atoms with Crippen LogP contribution in [0.3, 0.4) is 0 Å². The Morgan fingerprint density at radius 3 is 2.54 bits per heavy atom. The fraction of sp³-hybridized carbons (Fsp3) is 0.474. The quantitative estimate of drug-likeness (QED) is 0.818. The molecule has 1 aromatic carbocycles. The van der Waals surface area contributed by atoms with Gasteiger partial charge in [-0.25, -0.2) is 4.98 Å². The molecule has 0 spiro atoms. The summed E-state index contributed by atoms with van der Waals surface area (Å²) in [5, 5.41) is 2.96. The van der Waals surface area contributed by atoms with Gasteiger partial charge < -0.3 is 9.64 Å². The van der Waals surface area contributed by atoms with E-state index in [9.17, 15) is 4.79 Å². The number of thiazole rings is 1. The van der Waals surface area contributed by atoms with Gasteiger partial charge in [0.2, 0.25) is 5.91 Å². The van der Waals surface area contributed by atoms with E-state index in [1.54, 1.807) is 11.3 Å². The zero-order valence-electron chi connectivity index (χ0n) is 14.2. The van der Waals surface area contributed by atoms with Crippen LogP contribution in [0.25, 0.3) is 10.6 Å². The second kappa shape index (κ2) is 8.29. The van der Waals surface area contributed by atoms with Crippen molar-refractivity contribution in [2.24, 2.45) is 0 Å². The number of aromatic nitrogens is 1. The highest BCUT2D eigenvalue weighted by atomic mass is 32.1. The Morgan fingerprint density at radius 1 is 1.17 bits per heavy atom. The largest absolute Gasteiger partial charge is 0.494 e. The molecule has 3 rings (SSSR count). The Morgan fingerprint density at radius 2 is 1.88 bits per heavy atom. The molecule has 5 heteroatoms. The fourth-order valence-corrected chi connectivity index (χ4v) is 3.79. The van der Waals surface area contributed by atoms with Gasteiger partial charge in [0.15, 0.2) is 0 Å². The van der Waals surface area contributed by atoms with Gasteiger partial charge >= 0.3 is 0 Å². The standard InChI is InChI=1S/C19H24N2O2S/c1-2-23-17-9-7-15(8-10-17)19-20-16(14-24-19)13-18(22)21-11-5-3-4-6-12-21/h7-10,14H,2-6,11-13H2,1H3. The molecule has 1 aromatic heterocycles. The van der Waals surface area contributed by atoms with Crippen molar-refractivity contribution in [1.29, 1.82) is 0 Å². The van der Waals surface area contributed by atoms with Crippen LogP contribution in [0.15, 0.2) is 29.6 Å². The average molecular weight is 344 g/mol. The van der Waals surface area contributed by atoms with Crippen LogP contribution in [-0.4, -0.2) is 35.5 Å². The number of carbonyl (C=O) groups excluding carboxylic acids is 1. The van der Waals surface area contributed by atoms with Gasteiger partial charge in [0, 0.05) is 24.0 Å². The molecule has 0 unspecified atom stereocenters. The summed E-state index contributed by atoms with van der Waals surface area (Å²) in [6.45, 7) is 4.44. The van der Waals surface area contributed by atoms with E-state index in [2.05, 4.69) is 4.98 Å². The number of ether oxygens (including phenoxy) is 1. The Labute approximate surface area is 147 Å². The second-order valence-corrected chi connectivity index (χ2v) is 6.93. The number of hydrogen-bond donors (Lipinski definition) is 0. The van der Waals surface area contributed by atoms with Gasteiger partial charge in [0.25, 0.3) is 0 Å². The molecule has 0 N–H and O–H groups in total. The molecule has 24 heavy (non-hydrogen) atoms. The zero-order valence-corrected chi connectivity index (χ0v) is 15.0. The highest BCUT2D eigenvalue weighted by molar-refractivity contribution is 7.13. The van der Waals surface area contributed by atoms with E-state index < -0.39 is 0 Å². The van der Waals surface area contributed by atoms with Crippen LogP contribution in [0.1, 0.15) is 38.3 Å². The summed E-state index contributed by atoms with van der Waals surface area (Å²) in [7, 11) is 0. The van der Waals surface area contributed by atoms with Crippen LogP contribution in [-0.2, 0) is 11.2 Å². The number of rotatable bonds is 5. The van der Waals surface area contributed by atoms with Crippen LogP contribution in [0.4, 0.5) is 0 Å². The lowest BCUT2D eigenvalue weighted by Gasteiger charge is -2.19. The molecule has 0 radical (unpaired) electrons. The summed E-state index contributed by atoms with van der Waals surface area (Å²) in [4.78, 5) is 19.1. The van der Waals surface area contributed by atoms with E-state index in [0.717, 1.165) is 47.9 Å². The molecule has 1 amide bonds. The third-order valence-corrected chi connectivity index (χ3v) is 5.20. The number of likely N-dealkylation sites (tertiary alicyclic amines) is 1. The maximum atomic E-state index is 12.5. The van der Waals surface area contributed by atoms with Gasteiger partial charge in [-0.3, -0.25) is 4.79 Å². The number of hydrogen-bond acceptors (Lipinski definition) is 4. The average Bonchev–Trinajstić information content (AvgIpc) is 2.88. The summed E-state index contributed by atoms with van der Waals surface area (Å²) in [5.74, 6) is 1.08. The number of nitrogens with zero attached hydrogens (tertiary/aromatic N) is 2. The van der Waals surface area contributed by atoms with Gasteiger partial charge in [-0.15, -0.1) is 11.3 Å². The van der Waals surface area contributed by atoms with E-state index in [1.807, 2.05) is 41.5 Å². The molecule has 1 saturated heterocycles. The minimum Gasteiger partial charge on any atom is -0.494 e. The van der Waals surface area contributed by atoms with Gasteiger partial charge in [0.1, 0.15) is 10.8 Å². The van der Waals surface area contributed by atoms with E-state index in [-0.39, 0.29) is 5.91 Å². The summed E-state index contributed by atoms with van der Waals surface area (Å²) >= 11 is 1.59. The van der Waals surface area contributed by atoms with Crippen molar-refractivity contribution in [3.05, 3.63) is 35.3 Å². The number of carbonyl (C=O) groups is 1. The van der Waals surface area contributed by atoms with E-state index in [0.29, 0.717) is 13.0 Å². The second-order valence-electron chi connectivity index (χ2n) is 6.07. The summed E-state index contributed by atoms with van der Waals surface area (Å²) in [5.41, 5.74) is 1.94. The van der Waals surface area contributed by atoms with Crippen molar-refractivity contribution in [3.63, 3.8) is 0 Å². The van der Waals surface area contributed by atoms with E-state index in [4.69, 9.17) is 4.74 Å². The highest BCUT2D eigenvalue weighted by Crippen LogP contribution is 2.26. The summed E-state index contributed by atoms with van der Waals surface area (Å²) in [6.07, 6.45) is 5.14. The van der Waals surface area contributed by atoms with Crippen LogP contribution in [0.2, 0.25) is 0 Å². The van der Waals surface area contributed by atoms with Gasteiger partial charge in [-0.05, 0) is 44.0 Å². The van der Waals surface area contributed by atoms with E-state index in [1.165, 1.54) is 12.8 Å². The predicted molar refractivity (Wildman–Crippen MR) is 97.5 cm³/mol. The van der Waals surface area contributed by atoms with Crippen molar-refractivity contribution in [3.8, 4) is 16.3 Å². The third-order valence-electron chi connectivity index (χ3n) is 4.26. The molecule has 128 valence electrons. The fourth-order valence-electron chi connectivity index (χ4n) is 2.97. The molecule has 0 aliphatic carbocycles. The Hall–Kier alpha value is -1.88. The van der Waals surface area contributed by atoms with E-state index >= 15 is 0 Å². The SMILES string of the molecule is CCOc1ccc(-c2nc(CC(=O)N3CCCCCC3)cs2)cc1. The summed E-state index contributed by atoms with van der Waals surface area (Å²) < 4.78 is 5.46. The van der Waals surface area contributed by atoms with Crippen LogP contribution in [0, 0.1) is 0 Å². The minimum atomic E-state index is 0.209. The van der Waals surface area contributed by atoms with Gasteiger partial charge in [0.05, 0.1) is 18.7 Å². The molecule has 2 heterocycles. The first kappa shape index (κ1) is 17.0. The lowest BCUT2D eigenvalue weighted by molar-refractivity contribution is -0.130. The van der Waals surface area contributed by atoms with Crippen LogP contribution in [0.5, 0.6) is 5.75 Å². The molecule has 0 saturated carbocycles. The Balaban J connectivity index is 1.63. The van der Waals surface area contributed by atoms with Crippen LogP contribution >= 0.6 is 11.3 Å². The normalized spacial score (nSPS) is 15.1. The molecule has 0 bridgehead atoms. The molecule has 1 aliphatic rings. The predicted octanol–water partition coefficient (Wildman–Crippen LogP) is 4.15. The lowest BCUT2D eigenvalue weighted by Crippen LogP contribution is -2.33. The van der Waals surface area contributed by atoms with Crippen molar-refractivity contribution < 1.29 is 9.53 Å². The molecule has 2 aromatic rings.